The molecule has 3 aliphatic rings. The zero-order chi connectivity index (χ0) is 15.3. The summed E-state index contributed by atoms with van der Waals surface area (Å²) in [5.74, 6) is 0.663. The number of carbonyl (C=O) groups excluding carboxylic acids is 1. The minimum absolute atomic E-state index is 0.0353. The van der Waals surface area contributed by atoms with Gasteiger partial charge in [-0.05, 0) is 69.5 Å². The number of hydrogen-bond donors (Lipinski definition) is 1. The van der Waals surface area contributed by atoms with Crippen molar-refractivity contribution in [2.45, 2.75) is 38.8 Å². The summed E-state index contributed by atoms with van der Waals surface area (Å²) in [6, 6.07) is 6.39. The Morgan fingerprint density at radius 3 is 2.82 bits per heavy atom. The molecule has 4 heterocycles. The van der Waals surface area contributed by atoms with Crippen molar-refractivity contribution in [1.29, 1.82) is 0 Å². The molecule has 2 atom stereocenters. The Hall–Kier alpha value is -1.81. The van der Waals surface area contributed by atoms with Crippen LogP contribution in [0.1, 0.15) is 35.7 Å². The topological polar surface area (TPSA) is 45.5 Å². The molecular formula is C18H22N2O2. The maximum Gasteiger partial charge on any atom is 0.251 e. The predicted molar refractivity (Wildman–Crippen MR) is 86.0 cm³/mol. The van der Waals surface area contributed by atoms with Gasteiger partial charge in [-0.15, -0.1) is 0 Å². The van der Waals surface area contributed by atoms with E-state index >= 15 is 0 Å². The largest absolute Gasteiger partial charge is 0.464 e. The van der Waals surface area contributed by atoms with E-state index in [-0.39, 0.29) is 11.9 Å². The molecular weight excluding hydrogens is 276 g/mol. The van der Waals surface area contributed by atoms with Gasteiger partial charge in [-0.25, -0.2) is 0 Å². The number of hydrogen-bond acceptors (Lipinski definition) is 3. The summed E-state index contributed by atoms with van der Waals surface area (Å²) in [5.41, 5.74) is 2.63. The van der Waals surface area contributed by atoms with Crippen LogP contribution in [-0.2, 0) is 0 Å². The second kappa shape index (κ2) is 5.13. The molecule has 1 aromatic heterocycles. The molecule has 4 heteroatoms. The lowest BCUT2D eigenvalue weighted by molar-refractivity contribution is 0.0217. The Balaban J connectivity index is 1.57. The van der Waals surface area contributed by atoms with Crippen LogP contribution in [-0.4, -0.2) is 36.0 Å². The van der Waals surface area contributed by atoms with Crippen molar-refractivity contribution in [3.8, 4) is 0 Å². The number of nitrogens with one attached hydrogen (secondary N) is 1. The van der Waals surface area contributed by atoms with Gasteiger partial charge in [0.2, 0.25) is 0 Å². The van der Waals surface area contributed by atoms with Gasteiger partial charge in [0.25, 0.3) is 5.91 Å². The van der Waals surface area contributed by atoms with Crippen LogP contribution < -0.4 is 5.32 Å². The van der Waals surface area contributed by atoms with Crippen molar-refractivity contribution in [3.63, 3.8) is 0 Å². The lowest BCUT2D eigenvalue weighted by Crippen LogP contribution is -2.62. The quantitative estimate of drug-likeness (QED) is 0.927. The molecule has 0 aliphatic carbocycles. The van der Waals surface area contributed by atoms with Gasteiger partial charge in [0.15, 0.2) is 0 Å². The molecule has 4 nitrogen and oxygen atoms in total. The van der Waals surface area contributed by atoms with Crippen LogP contribution in [0.15, 0.2) is 28.9 Å². The molecule has 0 saturated carbocycles. The average molecular weight is 298 g/mol. The number of amides is 1. The van der Waals surface area contributed by atoms with Crippen LogP contribution in [0.4, 0.5) is 0 Å². The van der Waals surface area contributed by atoms with E-state index in [2.05, 4.69) is 17.1 Å². The van der Waals surface area contributed by atoms with Crippen molar-refractivity contribution in [2.24, 2.45) is 5.92 Å². The summed E-state index contributed by atoms with van der Waals surface area (Å²) < 4.78 is 5.45. The second-order valence-corrected chi connectivity index (χ2v) is 6.74. The molecule has 116 valence electrons. The van der Waals surface area contributed by atoms with Crippen molar-refractivity contribution < 1.29 is 9.21 Å². The highest BCUT2D eigenvalue weighted by atomic mass is 16.3. The van der Waals surface area contributed by atoms with Crippen LogP contribution >= 0.6 is 0 Å². The lowest BCUT2D eigenvalue weighted by atomic mass is 9.79. The molecule has 1 amide bonds. The van der Waals surface area contributed by atoms with Gasteiger partial charge in [0.05, 0.1) is 6.26 Å². The Morgan fingerprint density at radius 2 is 2.09 bits per heavy atom. The maximum absolute atomic E-state index is 12.7. The standard InChI is InChI=1S/C18H22N2O2/c1-11-10-22-16-4-3-14(9-15(11)16)18(21)19-17-12(2)20-7-5-13(17)6-8-20/h3-4,9-10,12-13,17H,5-8H2,1-2H3,(H,19,21). The summed E-state index contributed by atoms with van der Waals surface area (Å²) in [5, 5.41) is 4.30. The van der Waals surface area contributed by atoms with E-state index in [0.717, 1.165) is 22.1 Å². The van der Waals surface area contributed by atoms with Gasteiger partial charge >= 0.3 is 0 Å². The van der Waals surface area contributed by atoms with E-state index in [9.17, 15) is 4.79 Å². The van der Waals surface area contributed by atoms with Crippen molar-refractivity contribution in [3.05, 3.63) is 35.6 Å². The highest BCUT2D eigenvalue weighted by Gasteiger charge is 2.40. The minimum atomic E-state index is 0.0353. The fourth-order valence-electron chi connectivity index (χ4n) is 4.08. The summed E-state index contributed by atoms with van der Waals surface area (Å²) in [4.78, 5) is 15.1. The molecule has 0 spiro atoms. The van der Waals surface area contributed by atoms with Gasteiger partial charge in [-0.1, -0.05) is 0 Å². The van der Waals surface area contributed by atoms with E-state index in [4.69, 9.17) is 4.42 Å². The molecule has 2 unspecified atom stereocenters. The van der Waals surface area contributed by atoms with Gasteiger partial charge in [0, 0.05) is 23.0 Å². The summed E-state index contributed by atoms with van der Waals surface area (Å²) >= 11 is 0. The first-order chi connectivity index (χ1) is 10.6. The first-order valence-electron chi connectivity index (χ1n) is 8.16. The fraction of sp³-hybridized carbons (Fsp3) is 0.500. The van der Waals surface area contributed by atoms with Crippen LogP contribution in [0.3, 0.4) is 0 Å². The molecule has 3 fully saturated rings. The number of piperidine rings is 3. The molecule has 2 aromatic rings. The Bertz CT molecular complexity index is 711. The first kappa shape index (κ1) is 13.8. The third-order valence-electron chi connectivity index (χ3n) is 5.50. The van der Waals surface area contributed by atoms with E-state index in [1.54, 1.807) is 6.26 Å². The molecule has 5 rings (SSSR count). The van der Waals surface area contributed by atoms with E-state index in [0.29, 0.717) is 12.0 Å². The number of fused-ring (bicyclic) bond motifs is 4. The molecule has 3 aliphatic heterocycles. The molecule has 2 bridgehead atoms. The molecule has 0 radical (unpaired) electrons. The number of aryl methyl sites for hydroxylation is 1. The number of carbonyl (C=O) groups is 1. The van der Waals surface area contributed by atoms with Crippen LogP contribution in [0.2, 0.25) is 0 Å². The highest BCUT2D eigenvalue weighted by Crippen LogP contribution is 2.32. The van der Waals surface area contributed by atoms with Crippen LogP contribution in [0, 0.1) is 12.8 Å². The third kappa shape index (κ3) is 2.13. The van der Waals surface area contributed by atoms with Gasteiger partial charge in [-0.3, -0.25) is 9.69 Å². The Labute approximate surface area is 130 Å². The maximum atomic E-state index is 12.7. The minimum Gasteiger partial charge on any atom is -0.464 e. The van der Waals surface area contributed by atoms with Gasteiger partial charge in [-0.2, -0.15) is 0 Å². The normalized spacial score (nSPS) is 30.6. The zero-order valence-corrected chi connectivity index (χ0v) is 13.1. The number of benzene rings is 1. The van der Waals surface area contributed by atoms with Crippen LogP contribution in [0.25, 0.3) is 11.0 Å². The second-order valence-electron chi connectivity index (χ2n) is 6.74. The van der Waals surface area contributed by atoms with Crippen molar-refractivity contribution in [2.75, 3.05) is 13.1 Å². The smallest absolute Gasteiger partial charge is 0.251 e. The Morgan fingerprint density at radius 1 is 1.32 bits per heavy atom. The number of furan rings is 1. The summed E-state index contributed by atoms with van der Waals surface area (Å²) in [6.07, 6.45) is 4.14. The zero-order valence-electron chi connectivity index (χ0n) is 13.1. The lowest BCUT2D eigenvalue weighted by Gasteiger charge is -2.49. The van der Waals surface area contributed by atoms with E-state index in [1.807, 2.05) is 25.1 Å². The number of rotatable bonds is 2. The Kier molecular flexibility index (Phi) is 3.22. The van der Waals surface area contributed by atoms with E-state index < -0.39 is 0 Å². The van der Waals surface area contributed by atoms with Crippen molar-refractivity contribution >= 4 is 16.9 Å². The third-order valence-corrected chi connectivity index (χ3v) is 5.50. The highest BCUT2D eigenvalue weighted by molar-refractivity contribution is 5.98. The summed E-state index contributed by atoms with van der Waals surface area (Å²) in [6.45, 7) is 6.60. The van der Waals surface area contributed by atoms with E-state index in [1.165, 1.54) is 25.9 Å². The van der Waals surface area contributed by atoms with Crippen molar-refractivity contribution in [1.82, 2.24) is 10.2 Å². The fourth-order valence-corrected chi connectivity index (χ4v) is 4.08. The monoisotopic (exact) mass is 298 g/mol. The molecule has 3 saturated heterocycles. The molecule has 1 N–H and O–H groups in total. The first-order valence-corrected chi connectivity index (χ1v) is 8.16. The van der Waals surface area contributed by atoms with Gasteiger partial charge < -0.3 is 9.73 Å². The van der Waals surface area contributed by atoms with Gasteiger partial charge in [0.1, 0.15) is 5.58 Å². The molecule has 22 heavy (non-hydrogen) atoms. The SMILES string of the molecule is Cc1coc2ccc(C(=O)NC3C4CCN(CC4)C3C)cc12. The van der Waals surface area contributed by atoms with Crippen LogP contribution in [0.5, 0.6) is 0 Å². The average Bonchev–Trinajstić information content (AvgIpc) is 2.92. The molecule has 1 aromatic carbocycles. The predicted octanol–water partition coefficient (Wildman–Crippen LogP) is 2.95. The number of nitrogens with zero attached hydrogens (tertiary/aromatic N) is 1. The summed E-state index contributed by atoms with van der Waals surface area (Å²) in [7, 11) is 0.